The number of benzene rings is 1. The van der Waals surface area contributed by atoms with Crippen LogP contribution in [0.2, 0.25) is 5.02 Å². The smallest absolute Gasteiger partial charge is 0.329 e. The zero-order chi connectivity index (χ0) is 22.5. The highest BCUT2D eigenvalue weighted by Crippen LogP contribution is 2.16. The summed E-state index contributed by atoms with van der Waals surface area (Å²) in [5.41, 5.74) is 0.172. The third-order valence-electron chi connectivity index (χ3n) is 4.08. The normalized spacial score (nSPS) is 12.2. The van der Waals surface area contributed by atoms with Crippen LogP contribution in [-0.2, 0) is 14.3 Å². The van der Waals surface area contributed by atoms with Crippen LogP contribution in [0, 0.1) is 0 Å². The molecule has 1 heterocycles. The summed E-state index contributed by atoms with van der Waals surface area (Å²) in [6, 6.07) is 7.77. The minimum atomic E-state index is -0.859. The van der Waals surface area contributed by atoms with Crippen molar-refractivity contribution in [1.82, 2.24) is 20.0 Å². The first-order valence-corrected chi connectivity index (χ1v) is 9.95. The number of amides is 2. The molecule has 1 aromatic heterocycles. The van der Waals surface area contributed by atoms with Crippen molar-refractivity contribution in [2.45, 2.75) is 46.3 Å². The predicted molar refractivity (Wildman–Crippen MR) is 114 cm³/mol. The van der Waals surface area contributed by atoms with Crippen molar-refractivity contribution < 1.29 is 19.1 Å². The number of carbonyl (C=O) groups is 3. The van der Waals surface area contributed by atoms with E-state index < -0.39 is 23.5 Å². The monoisotopic (exact) mass is 434 g/mol. The topological polar surface area (TPSA) is 93.5 Å². The van der Waals surface area contributed by atoms with Gasteiger partial charge < -0.3 is 15.0 Å². The molecule has 0 bridgehead atoms. The highest BCUT2D eigenvalue weighted by molar-refractivity contribution is 6.30. The first kappa shape index (κ1) is 23.4. The number of rotatable bonds is 7. The molecule has 1 atom stereocenters. The molecule has 162 valence electrons. The van der Waals surface area contributed by atoms with Crippen molar-refractivity contribution in [3.8, 4) is 5.69 Å². The summed E-state index contributed by atoms with van der Waals surface area (Å²) in [6.45, 7) is 8.57. The second-order valence-electron chi connectivity index (χ2n) is 7.82. The van der Waals surface area contributed by atoms with Gasteiger partial charge in [-0.3, -0.25) is 9.59 Å². The van der Waals surface area contributed by atoms with Crippen LogP contribution in [0.15, 0.2) is 36.5 Å². The summed E-state index contributed by atoms with van der Waals surface area (Å²) in [5.74, 6) is -1.20. The highest BCUT2D eigenvalue weighted by Gasteiger charge is 2.31. The van der Waals surface area contributed by atoms with Gasteiger partial charge in [0, 0.05) is 31.2 Å². The number of esters is 1. The molecule has 30 heavy (non-hydrogen) atoms. The van der Waals surface area contributed by atoms with Crippen molar-refractivity contribution in [2.24, 2.45) is 0 Å². The van der Waals surface area contributed by atoms with Crippen LogP contribution in [0.3, 0.4) is 0 Å². The van der Waals surface area contributed by atoms with E-state index in [0.29, 0.717) is 10.7 Å². The quantitative estimate of drug-likeness (QED) is 0.676. The van der Waals surface area contributed by atoms with Gasteiger partial charge in [-0.05, 0) is 52.0 Å². The molecule has 9 heteroatoms. The third-order valence-corrected chi connectivity index (χ3v) is 4.32. The van der Waals surface area contributed by atoms with Gasteiger partial charge in [0.2, 0.25) is 5.91 Å². The molecule has 0 unspecified atom stereocenters. The lowest BCUT2D eigenvalue weighted by atomic mass is 10.2. The number of carbonyl (C=O) groups excluding carboxylic acids is 3. The van der Waals surface area contributed by atoms with Crippen molar-refractivity contribution in [1.29, 1.82) is 0 Å². The zero-order valence-corrected chi connectivity index (χ0v) is 18.6. The van der Waals surface area contributed by atoms with E-state index in [4.69, 9.17) is 16.3 Å². The molecule has 8 nitrogen and oxygen atoms in total. The summed E-state index contributed by atoms with van der Waals surface area (Å²) in [4.78, 5) is 38.3. The average Bonchev–Trinajstić information content (AvgIpc) is 3.13. The van der Waals surface area contributed by atoms with Gasteiger partial charge in [-0.25, -0.2) is 9.48 Å². The fourth-order valence-electron chi connectivity index (χ4n) is 2.69. The Morgan fingerprint density at radius 2 is 1.97 bits per heavy atom. The minimum absolute atomic E-state index is 0.128. The Labute approximate surface area is 181 Å². The van der Waals surface area contributed by atoms with Gasteiger partial charge >= 0.3 is 5.97 Å². The minimum Gasteiger partial charge on any atom is -0.458 e. The molecule has 2 rings (SSSR count). The van der Waals surface area contributed by atoms with Crippen LogP contribution in [0.1, 0.15) is 45.1 Å². The van der Waals surface area contributed by atoms with E-state index in [0.717, 1.165) is 0 Å². The van der Waals surface area contributed by atoms with Crippen molar-refractivity contribution in [3.63, 3.8) is 0 Å². The molecule has 1 aromatic carbocycles. The van der Waals surface area contributed by atoms with Crippen molar-refractivity contribution in [2.75, 3.05) is 13.1 Å². The van der Waals surface area contributed by atoms with Gasteiger partial charge in [0.1, 0.15) is 11.6 Å². The summed E-state index contributed by atoms with van der Waals surface area (Å²) in [6.07, 6.45) is 1.64. The number of hydrogen-bond acceptors (Lipinski definition) is 5. The van der Waals surface area contributed by atoms with Crippen LogP contribution >= 0.6 is 11.6 Å². The summed E-state index contributed by atoms with van der Waals surface area (Å²) in [5, 5.41) is 7.51. The Bertz CT molecular complexity index is 920. The average molecular weight is 435 g/mol. The van der Waals surface area contributed by atoms with Gasteiger partial charge in [0.05, 0.1) is 5.69 Å². The van der Waals surface area contributed by atoms with Gasteiger partial charge in [-0.15, -0.1) is 0 Å². The molecule has 0 saturated carbocycles. The number of aromatic nitrogens is 2. The molecule has 0 saturated heterocycles. The molecule has 0 spiro atoms. The maximum Gasteiger partial charge on any atom is 0.329 e. The van der Waals surface area contributed by atoms with E-state index in [2.05, 4.69) is 10.4 Å². The standard InChI is InChI=1S/C21H27ClN4O4/c1-14(20(29)30-21(3,4)5)25(12-10-23-15(2)27)19(28)18-9-11-26(24-18)17-8-6-7-16(22)13-17/h6-9,11,13-14H,10,12H2,1-5H3,(H,23,27)/t14-/m1/s1. The molecule has 0 fully saturated rings. The van der Waals surface area contributed by atoms with Crippen LogP contribution in [0.4, 0.5) is 0 Å². The maximum atomic E-state index is 13.1. The van der Waals surface area contributed by atoms with Crippen molar-refractivity contribution >= 4 is 29.4 Å². The molecule has 0 aliphatic heterocycles. The molecule has 0 aliphatic carbocycles. The third kappa shape index (κ3) is 6.59. The van der Waals surface area contributed by atoms with E-state index in [1.807, 2.05) is 6.07 Å². The number of nitrogens with one attached hydrogen (secondary N) is 1. The van der Waals surface area contributed by atoms with Gasteiger partial charge in [0.25, 0.3) is 5.91 Å². The predicted octanol–water partition coefficient (Wildman–Crippen LogP) is 2.83. The number of hydrogen-bond donors (Lipinski definition) is 1. The molecular weight excluding hydrogens is 408 g/mol. The Balaban J connectivity index is 2.25. The Kier molecular flexibility index (Phi) is 7.61. The molecule has 1 N–H and O–H groups in total. The number of nitrogens with zero attached hydrogens (tertiary/aromatic N) is 3. The van der Waals surface area contributed by atoms with E-state index in [9.17, 15) is 14.4 Å². The van der Waals surface area contributed by atoms with E-state index >= 15 is 0 Å². The second-order valence-corrected chi connectivity index (χ2v) is 8.25. The van der Waals surface area contributed by atoms with E-state index in [-0.39, 0.29) is 24.7 Å². The summed E-state index contributed by atoms with van der Waals surface area (Å²) < 4.78 is 6.95. The van der Waals surface area contributed by atoms with Gasteiger partial charge in [0.15, 0.2) is 5.69 Å². The summed E-state index contributed by atoms with van der Waals surface area (Å²) >= 11 is 6.02. The Morgan fingerprint density at radius 1 is 1.27 bits per heavy atom. The fraction of sp³-hybridized carbons (Fsp3) is 0.429. The molecule has 0 radical (unpaired) electrons. The second kappa shape index (κ2) is 9.75. The zero-order valence-electron chi connectivity index (χ0n) is 17.8. The molecule has 2 amide bonds. The molecule has 2 aromatic rings. The van der Waals surface area contributed by atoms with Crippen LogP contribution in [-0.4, -0.2) is 57.2 Å². The Morgan fingerprint density at radius 3 is 2.57 bits per heavy atom. The summed E-state index contributed by atoms with van der Waals surface area (Å²) in [7, 11) is 0. The lowest BCUT2D eigenvalue weighted by molar-refractivity contribution is -0.159. The van der Waals surface area contributed by atoms with Crippen molar-refractivity contribution in [3.05, 3.63) is 47.2 Å². The molecule has 0 aliphatic rings. The SMILES string of the molecule is CC(=O)NCCN(C(=O)c1ccn(-c2cccc(Cl)c2)n1)[C@H](C)C(=O)OC(C)(C)C. The van der Waals surface area contributed by atoms with E-state index in [1.54, 1.807) is 58.2 Å². The van der Waals surface area contributed by atoms with Crippen LogP contribution in [0.25, 0.3) is 5.69 Å². The Hall–Kier alpha value is -2.87. The van der Waals surface area contributed by atoms with Gasteiger partial charge in [-0.1, -0.05) is 17.7 Å². The maximum absolute atomic E-state index is 13.1. The lowest BCUT2D eigenvalue weighted by Crippen LogP contribution is -2.48. The van der Waals surface area contributed by atoms with Crippen LogP contribution < -0.4 is 5.32 Å². The number of halogens is 1. The number of ether oxygens (including phenoxy) is 1. The van der Waals surface area contributed by atoms with Crippen LogP contribution in [0.5, 0.6) is 0 Å². The first-order valence-electron chi connectivity index (χ1n) is 9.58. The first-order chi connectivity index (χ1) is 14.0. The van der Waals surface area contributed by atoms with Gasteiger partial charge in [-0.2, -0.15) is 5.10 Å². The highest BCUT2D eigenvalue weighted by atomic mass is 35.5. The van der Waals surface area contributed by atoms with E-state index in [1.165, 1.54) is 16.5 Å². The fourth-order valence-corrected chi connectivity index (χ4v) is 2.87. The lowest BCUT2D eigenvalue weighted by Gasteiger charge is -2.30. The molecular formula is C21H27ClN4O4. The largest absolute Gasteiger partial charge is 0.458 e.